The van der Waals surface area contributed by atoms with Gasteiger partial charge < -0.3 is 5.11 Å². The van der Waals surface area contributed by atoms with Crippen molar-refractivity contribution in [1.82, 2.24) is 9.97 Å². The number of nitrogens with zero attached hydrogens (tertiary/aromatic N) is 3. The third-order valence-electron chi connectivity index (χ3n) is 4.58. The average Bonchev–Trinajstić information content (AvgIpc) is 3.28. The van der Waals surface area contributed by atoms with E-state index in [1.54, 1.807) is 0 Å². The van der Waals surface area contributed by atoms with E-state index >= 15 is 0 Å². The van der Waals surface area contributed by atoms with Gasteiger partial charge in [0.2, 0.25) is 0 Å². The Labute approximate surface area is 171 Å². The summed E-state index contributed by atoms with van der Waals surface area (Å²) in [5, 5.41) is 26.0. The summed E-state index contributed by atoms with van der Waals surface area (Å²) < 4.78 is 0. The van der Waals surface area contributed by atoms with Gasteiger partial charge >= 0.3 is 0 Å². The van der Waals surface area contributed by atoms with Crippen LogP contribution >= 0.6 is 22.7 Å². The lowest BCUT2D eigenvalue weighted by atomic mass is 9.98. The first-order valence-corrected chi connectivity index (χ1v) is 10.4. The number of thiazole rings is 2. The van der Waals surface area contributed by atoms with Crippen LogP contribution in [-0.2, 0) is 0 Å². The lowest BCUT2D eigenvalue weighted by molar-refractivity contribution is 0.515. The standard InChI is InChI=1S/C22H17N3OS2/c1-12-8-9-15-6-4-5-7-16(15)19(12)18-11-27-22(25-18)17(10-23)20(26)21-13(2)24-14(3)28-21/h4-9,11,26H,1-3H3. The summed E-state index contributed by atoms with van der Waals surface area (Å²) in [5.41, 5.74) is 3.89. The van der Waals surface area contributed by atoms with Crippen LogP contribution in [0.1, 0.15) is 26.1 Å². The van der Waals surface area contributed by atoms with E-state index in [0.29, 0.717) is 9.88 Å². The van der Waals surface area contributed by atoms with Crippen LogP contribution < -0.4 is 0 Å². The maximum atomic E-state index is 10.7. The number of hydrogen-bond acceptors (Lipinski definition) is 6. The van der Waals surface area contributed by atoms with Gasteiger partial charge in [-0.2, -0.15) is 5.26 Å². The molecule has 0 aliphatic rings. The van der Waals surface area contributed by atoms with Gasteiger partial charge in [-0.3, -0.25) is 0 Å². The molecule has 0 amide bonds. The molecule has 2 heterocycles. The number of aliphatic hydroxyl groups excluding tert-OH is 1. The smallest absolute Gasteiger partial charge is 0.155 e. The van der Waals surface area contributed by atoms with E-state index < -0.39 is 0 Å². The molecular formula is C22H17N3OS2. The Bertz CT molecular complexity index is 1270. The molecule has 2 aromatic heterocycles. The highest BCUT2D eigenvalue weighted by Gasteiger charge is 2.19. The minimum Gasteiger partial charge on any atom is -0.505 e. The molecule has 0 aliphatic heterocycles. The van der Waals surface area contributed by atoms with Crippen LogP contribution in [0, 0.1) is 32.1 Å². The maximum absolute atomic E-state index is 10.7. The number of aliphatic hydroxyl groups is 1. The van der Waals surface area contributed by atoms with E-state index in [1.165, 1.54) is 22.7 Å². The van der Waals surface area contributed by atoms with Gasteiger partial charge in [0.15, 0.2) is 5.76 Å². The molecular weight excluding hydrogens is 386 g/mol. The van der Waals surface area contributed by atoms with Crippen molar-refractivity contribution in [1.29, 1.82) is 5.26 Å². The number of allylic oxidation sites excluding steroid dienone is 1. The summed E-state index contributed by atoms with van der Waals surface area (Å²) in [6, 6.07) is 14.5. The van der Waals surface area contributed by atoms with Gasteiger partial charge in [-0.15, -0.1) is 22.7 Å². The molecule has 0 saturated heterocycles. The van der Waals surface area contributed by atoms with Gasteiger partial charge in [0.1, 0.15) is 16.6 Å². The molecule has 0 aliphatic carbocycles. The second-order valence-electron chi connectivity index (χ2n) is 6.50. The molecule has 6 heteroatoms. The Balaban J connectivity index is 1.86. The van der Waals surface area contributed by atoms with Crippen LogP contribution in [0.25, 0.3) is 33.4 Å². The highest BCUT2D eigenvalue weighted by atomic mass is 32.1. The Kier molecular flexibility index (Phi) is 4.71. The fraction of sp³-hybridized carbons (Fsp3) is 0.136. The highest BCUT2D eigenvalue weighted by Crippen LogP contribution is 2.36. The van der Waals surface area contributed by atoms with Crippen molar-refractivity contribution in [2.24, 2.45) is 0 Å². The first-order chi connectivity index (χ1) is 13.5. The first kappa shape index (κ1) is 18.4. The van der Waals surface area contributed by atoms with Gasteiger partial charge in [0, 0.05) is 10.9 Å². The highest BCUT2D eigenvalue weighted by molar-refractivity contribution is 7.13. The monoisotopic (exact) mass is 403 g/mol. The largest absolute Gasteiger partial charge is 0.505 e. The molecule has 2 aromatic carbocycles. The fourth-order valence-corrected chi connectivity index (χ4v) is 4.97. The lowest BCUT2D eigenvalue weighted by Gasteiger charge is -2.08. The number of nitriles is 1. The van der Waals surface area contributed by atoms with Crippen molar-refractivity contribution < 1.29 is 5.11 Å². The molecule has 0 saturated carbocycles. The third kappa shape index (κ3) is 3.09. The summed E-state index contributed by atoms with van der Waals surface area (Å²) in [7, 11) is 0. The van der Waals surface area contributed by atoms with E-state index in [2.05, 4.69) is 42.2 Å². The van der Waals surface area contributed by atoms with Crippen molar-refractivity contribution in [2.75, 3.05) is 0 Å². The van der Waals surface area contributed by atoms with Gasteiger partial charge in [-0.1, -0.05) is 36.4 Å². The van der Waals surface area contributed by atoms with Crippen molar-refractivity contribution in [3.05, 3.63) is 67.9 Å². The van der Waals surface area contributed by atoms with E-state index in [1.807, 2.05) is 31.4 Å². The molecule has 0 unspecified atom stereocenters. The summed E-state index contributed by atoms with van der Waals surface area (Å²) >= 11 is 2.74. The zero-order valence-electron chi connectivity index (χ0n) is 15.6. The predicted molar refractivity (Wildman–Crippen MR) is 116 cm³/mol. The van der Waals surface area contributed by atoms with Gasteiger partial charge in [-0.25, -0.2) is 9.97 Å². The Morgan fingerprint density at radius 2 is 1.86 bits per heavy atom. The molecule has 4 aromatic rings. The Morgan fingerprint density at radius 3 is 2.57 bits per heavy atom. The van der Waals surface area contributed by atoms with Crippen LogP contribution in [0.5, 0.6) is 0 Å². The summed E-state index contributed by atoms with van der Waals surface area (Å²) in [4.78, 5) is 9.66. The predicted octanol–water partition coefficient (Wildman–Crippen LogP) is 6.29. The minimum atomic E-state index is -0.0545. The molecule has 0 fully saturated rings. The molecule has 28 heavy (non-hydrogen) atoms. The van der Waals surface area contributed by atoms with Gasteiger partial charge in [-0.05, 0) is 37.1 Å². The quantitative estimate of drug-likeness (QED) is 0.322. The van der Waals surface area contributed by atoms with E-state index in [4.69, 9.17) is 4.98 Å². The second-order valence-corrected chi connectivity index (χ2v) is 8.56. The third-order valence-corrected chi connectivity index (χ3v) is 6.52. The zero-order valence-corrected chi connectivity index (χ0v) is 17.3. The number of hydrogen-bond donors (Lipinski definition) is 1. The van der Waals surface area contributed by atoms with Crippen molar-refractivity contribution in [3.63, 3.8) is 0 Å². The number of rotatable bonds is 3. The average molecular weight is 404 g/mol. The van der Waals surface area contributed by atoms with Crippen LogP contribution in [0.2, 0.25) is 0 Å². The number of aryl methyl sites for hydroxylation is 3. The number of benzene rings is 2. The number of fused-ring (bicyclic) bond motifs is 1. The molecule has 0 atom stereocenters. The zero-order chi connectivity index (χ0) is 19.8. The van der Waals surface area contributed by atoms with Crippen LogP contribution in [0.3, 0.4) is 0 Å². The van der Waals surface area contributed by atoms with Crippen molar-refractivity contribution in [3.8, 4) is 17.3 Å². The molecule has 0 spiro atoms. The van der Waals surface area contributed by atoms with Crippen molar-refractivity contribution >= 4 is 44.8 Å². The maximum Gasteiger partial charge on any atom is 0.155 e. The SMILES string of the molecule is Cc1nc(C)c(C(O)=C(C#N)c2nc(-c3c(C)ccc4ccccc34)cs2)s1. The Morgan fingerprint density at radius 1 is 1.07 bits per heavy atom. The fourth-order valence-electron chi connectivity index (χ4n) is 3.29. The van der Waals surface area contributed by atoms with Crippen LogP contribution in [-0.4, -0.2) is 15.1 Å². The lowest BCUT2D eigenvalue weighted by Crippen LogP contribution is -1.91. The van der Waals surface area contributed by atoms with E-state index in [-0.39, 0.29) is 11.3 Å². The first-order valence-electron chi connectivity index (χ1n) is 8.72. The molecule has 0 bridgehead atoms. The molecule has 138 valence electrons. The van der Waals surface area contributed by atoms with Gasteiger partial charge in [0.25, 0.3) is 0 Å². The molecule has 1 N–H and O–H groups in total. The second kappa shape index (κ2) is 7.19. The minimum absolute atomic E-state index is 0.0545. The van der Waals surface area contributed by atoms with Crippen LogP contribution in [0.4, 0.5) is 0 Å². The van der Waals surface area contributed by atoms with Crippen LogP contribution in [0.15, 0.2) is 41.8 Å². The summed E-state index contributed by atoms with van der Waals surface area (Å²) in [6.07, 6.45) is 0. The normalized spacial score (nSPS) is 12.1. The molecule has 0 radical (unpaired) electrons. The Hall–Kier alpha value is -3.01. The molecule has 4 nitrogen and oxygen atoms in total. The van der Waals surface area contributed by atoms with E-state index in [9.17, 15) is 10.4 Å². The van der Waals surface area contributed by atoms with E-state index in [0.717, 1.165) is 38.3 Å². The number of aromatic nitrogens is 2. The summed E-state index contributed by atoms with van der Waals surface area (Å²) in [6.45, 7) is 5.77. The van der Waals surface area contributed by atoms with Crippen molar-refractivity contribution in [2.45, 2.75) is 20.8 Å². The van der Waals surface area contributed by atoms with Gasteiger partial charge in [0.05, 0.1) is 21.3 Å². The molecule has 4 rings (SSSR count). The summed E-state index contributed by atoms with van der Waals surface area (Å²) in [5.74, 6) is -0.0545. The topological polar surface area (TPSA) is 69.8 Å².